The van der Waals surface area contributed by atoms with Crippen LogP contribution < -0.4 is 0 Å². The number of benzene rings is 2. The molecule has 0 aliphatic heterocycles. The second-order valence-corrected chi connectivity index (χ2v) is 6.61. The second kappa shape index (κ2) is 7.83. The number of para-hydroxylation sites is 1. The van der Waals surface area contributed by atoms with Gasteiger partial charge in [-0.3, -0.25) is 10.1 Å². The molecule has 0 radical (unpaired) electrons. The second-order valence-electron chi connectivity index (χ2n) is 5.67. The zero-order valence-electron chi connectivity index (χ0n) is 13.9. The number of hydrogen-bond donors (Lipinski definition) is 0. The summed E-state index contributed by atoms with van der Waals surface area (Å²) in [5.74, 6) is 0.139. The van der Waals surface area contributed by atoms with Crippen molar-refractivity contribution in [2.24, 2.45) is 0 Å². The van der Waals surface area contributed by atoms with Crippen molar-refractivity contribution < 1.29 is 18.1 Å². The van der Waals surface area contributed by atoms with Crippen molar-refractivity contribution >= 4 is 17.4 Å². The molecule has 0 aliphatic carbocycles. The van der Waals surface area contributed by atoms with Crippen LogP contribution in [0.4, 0.5) is 18.9 Å². The molecule has 0 unspecified atom stereocenters. The van der Waals surface area contributed by atoms with Crippen molar-refractivity contribution in [3.8, 4) is 11.3 Å². The minimum Gasteiger partial charge on any atom is -0.310 e. The number of nitro groups is 1. The van der Waals surface area contributed by atoms with Crippen LogP contribution in [0.5, 0.6) is 0 Å². The lowest BCUT2D eigenvalue weighted by Crippen LogP contribution is -2.19. The minimum atomic E-state index is -4.42. The summed E-state index contributed by atoms with van der Waals surface area (Å²) in [6.07, 6.45) is -3.03. The molecule has 27 heavy (non-hydrogen) atoms. The standard InChI is InChI=1S/C18H14F3N3O2S/c19-18(20,21)12-23-16(13-6-2-1-3-7-13)10-22-17(23)27-11-14-8-4-5-9-15(14)24(25)26/h1-10H,11-12H2. The maximum Gasteiger partial charge on any atom is 0.406 e. The van der Waals surface area contributed by atoms with E-state index in [1.165, 1.54) is 12.3 Å². The van der Waals surface area contributed by atoms with Gasteiger partial charge >= 0.3 is 6.18 Å². The molecule has 1 heterocycles. The first-order valence-electron chi connectivity index (χ1n) is 7.88. The van der Waals surface area contributed by atoms with Gasteiger partial charge in [-0.25, -0.2) is 4.98 Å². The summed E-state index contributed by atoms with van der Waals surface area (Å²) in [5, 5.41) is 11.3. The van der Waals surface area contributed by atoms with Gasteiger partial charge in [-0.2, -0.15) is 13.2 Å². The van der Waals surface area contributed by atoms with E-state index in [2.05, 4.69) is 4.98 Å². The fourth-order valence-electron chi connectivity index (χ4n) is 2.60. The molecule has 0 bridgehead atoms. The van der Waals surface area contributed by atoms with E-state index in [0.717, 1.165) is 16.3 Å². The Morgan fingerprint density at radius 1 is 1.07 bits per heavy atom. The quantitative estimate of drug-likeness (QED) is 0.323. The molecule has 1 aromatic heterocycles. The van der Waals surface area contributed by atoms with Crippen molar-refractivity contribution in [2.75, 3.05) is 0 Å². The van der Waals surface area contributed by atoms with E-state index in [4.69, 9.17) is 0 Å². The van der Waals surface area contributed by atoms with E-state index in [9.17, 15) is 23.3 Å². The Hall–Kier alpha value is -2.81. The predicted octanol–water partition coefficient (Wildman–Crippen LogP) is 5.31. The summed E-state index contributed by atoms with van der Waals surface area (Å²) in [7, 11) is 0. The van der Waals surface area contributed by atoms with Crippen molar-refractivity contribution in [1.29, 1.82) is 0 Å². The lowest BCUT2D eigenvalue weighted by Gasteiger charge is -2.14. The van der Waals surface area contributed by atoms with E-state index in [1.807, 2.05) is 0 Å². The summed E-state index contributed by atoms with van der Waals surface area (Å²) in [4.78, 5) is 14.7. The Kier molecular flexibility index (Phi) is 5.50. The lowest BCUT2D eigenvalue weighted by molar-refractivity contribution is -0.385. The number of thioether (sulfide) groups is 1. The van der Waals surface area contributed by atoms with Gasteiger partial charge in [-0.1, -0.05) is 60.3 Å². The monoisotopic (exact) mass is 393 g/mol. The van der Waals surface area contributed by atoms with Gasteiger partial charge in [0.05, 0.1) is 16.8 Å². The molecule has 0 aliphatic rings. The van der Waals surface area contributed by atoms with Gasteiger partial charge in [-0.15, -0.1) is 0 Å². The number of hydrogen-bond acceptors (Lipinski definition) is 4. The van der Waals surface area contributed by atoms with E-state index < -0.39 is 17.6 Å². The van der Waals surface area contributed by atoms with Crippen LogP contribution in [0.2, 0.25) is 0 Å². The molecule has 0 spiro atoms. The summed E-state index contributed by atoms with van der Waals surface area (Å²) < 4.78 is 40.3. The van der Waals surface area contributed by atoms with E-state index in [-0.39, 0.29) is 16.6 Å². The van der Waals surface area contributed by atoms with Crippen LogP contribution >= 0.6 is 11.8 Å². The number of imidazole rings is 1. The highest BCUT2D eigenvalue weighted by molar-refractivity contribution is 7.98. The SMILES string of the molecule is O=[N+]([O-])c1ccccc1CSc1ncc(-c2ccccc2)n1CC(F)(F)F. The van der Waals surface area contributed by atoms with Crippen LogP contribution in [-0.2, 0) is 12.3 Å². The maximum atomic E-state index is 13.1. The Morgan fingerprint density at radius 2 is 1.74 bits per heavy atom. The summed E-state index contributed by atoms with van der Waals surface area (Å²) in [6, 6.07) is 14.8. The number of nitrogens with zero attached hydrogens (tertiary/aromatic N) is 3. The van der Waals surface area contributed by atoms with Crippen molar-refractivity contribution in [3.63, 3.8) is 0 Å². The molecule has 5 nitrogen and oxygen atoms in total. The lowest BCUT2D eigenvalue weighted by atomic mass is 10.2. The highest BCUT2D eigenvalue weighted by Crippen LogP contribution is 2.32. The van der Waals surface area contributed by atoms with Crippen LogP contribution in [0.25, 0.3) is 11.3 Å². The third kappa shape index (κ3) is 4.68. The molecule has 0 fully saturated rings. The molecule has 0 amide bonds. The van der Waals surface area contributed by atoms with Crippen LogP contribution in [0.1, 0.15) is 5.56 Å². The smallest absolute Gasteiger partial charge is 0.310 e. The van der Waals surface area contributed by atoms with Gasteiger partial charge in [-0.05, 0) is 5.56 Å². The topological polar surface area (TPSA) is 61.0 Å². The van der Waals surface area contributed by atoms with Gasteiger partial charge in [0.1, 0.15) is 6.54 Å². The molecule has 0 saturated carbocycles. The number of alkyl halides is 3. The highest BCUT2D eigenvalue weighted by Gasteiger charge is 2.31. The minimum absolute atomic E-state index is 0.0674. The molecule has 140 valence electrons. The fraction of sp³-hybridized carbons (Fsp3) is 0.167. The molecule has 0 saturated heterocycles. The Morgan fingerprint density at radius 3 is 2.41 bits per heavy atom. The number of rotatable bonds is 6. The Bertz CT molecular complexity index is 943. The summed E-state index contributed by atoms with van der Waals surface area (Å²) >= 11 is 1.04. The van der Waals surface area contributed by atoms with Crippen LogP contribution in [0.15, 0.2) is 66.0 Å². The Balaban J connectivity index is 1.92. The Labute approximate surface area is 157 Å². The fourth-order valence-corrected chi connectivity index (χ4v) is 3.57. The average molecular weight is 393 g/mol. The number of aromatic nitrogens is 2. The van der Waals surface area contributed by atoms with Crippen LogP contribution in [0.3, 0.4) is 0 Å². The molecule has 2 aromatic carbocycles. The number of halogens is 3. The molecule has 3 rings (SSSR count). The zero-order valence-corrected chi connectivity index (χ0v) is 14.7. The van der Waals surface area contributed by atoms with Gasteiger partial charge in [0.25, 0.3) is 5.69 Å². The predicted molar refractivity (Wildman–Crippen MR) is 96.4 cm³/mol. The molecule has 3 aromatic rings. The van der Waals surface area contributed by atoms with Gasteiger partial charge < -0.3 is 4.57 Å². The van der Waals surface area contributed by atoms with E-state index in [0.29, 0.717) is 16.8 Å². The van der Waals surface area contributed by atoms with E-state index in [1.54, 1.807) is 48.5 Å². The summed E-state index contributed by atoms with van der Waals surface area (Å²) in [5.41, 5.74) is 1.32. The number of nitro benzene ring substituents is 1. The van der Waals surface area contributed by atoms with Crippen LogP contribution in [0, 0.1) is 10.1 Å². The molecular weight excluding hydrogens is 379 g/mol. The molecular formula is C18H14F3N3O2S. The van der Waals surface area contributed by atoms with Gasteiger partial charge in [0.2, 0.25) is 0 Å². The van der Waals surface area contributed by atoms with Crippen molar-refractivity contribution in [3.05, 3.63) is 76.5 Å². The molecule has 9 heteroatoms. The van der Waals surface area contributed by atoms with Crippen molar-refractivity contribution in [1.82, 2.24) is 9.55 Å². The average Bonchev–Trinajstić information content (AvgIpc) is 3.01. The summed E-state index contributed by atoms with van der Waals surface area (Å²) in [6.45, 7) is -1.18. The first-order valence-corrected chi connectivity index (χ1v) is 8.86. The van der Waals surface area contributed by atoms with Crippen molar-refractivity contribution in [2.45, 2.75) is 23.6 Å². The van der Waals surface area contributed by atoms with Crippen LogP contribution in [-0.4, -0.2) is 20.7 Å². The molecule has 0 N–H and O–H groups in total. The molecule has 0 atom stereocenters. The van der Waals surface area contributed by atoms with E-state index >= 15 is 0 Å². The van der Waals surface area contributed by atoms with Gasteiger partial charge in [0.15, 0.2) is 5.16 Å². The van der Waals surface area contributed by atoms with Gasteiger partial charge in [0, 0.05) is 17.4 Å². The zero-order chi connectivity index (χ0) is 19.4. The highest BCUT2D eigenvalue weighted by atomic mass is 32.2. The normalized spacial score (nSPS) is 11.5. The third-order valence-corrected chi connectivity index (χ3v) is 4.81. The maximum absolute atomic E-state index is 13.1. The third-order valence-electron chi connectivity index (χ3n) is 3.77. The largest absolute Gasteiger partial charge is 0.406 e. The first kappa shape index (κ1) is 19.0. The first-order chi connectivity index (χ1) is 12.8.